The van der Waals surface area contributed by atoms with Crippen LogP contribution in [0.5, 0.6) is 0 Å². The van der Waals surface area contributed by atoms with Crippen LogP contribution in [-0.2, 0) is 4.43 Å². The van der Waals surface area contributed by atoms with Gasteiger partial charge in [-0.25, -0.2) is 4.39 Å². The van der Waals surface area contributed by atoms with Gasteiger partial charge >= 0.3 is 0 Å². The van der Waals surface area contributed by atoms with Gasteiger partial charge in [0.15, 0.2) is 0 Å². The first-order valence-corrected chi connectivity index (χ1v) is 11.7. The van der Waals surface area contributed by atoms with Crippen molar-refractivity contribution in [3.8, 4) is 11.8 Å². The van der Waals surface area contributed by atoms with Crippen LogP contribution in [0.3, 0.4) is 0 Å². The van der Waals surface area contributed by atoms with Gasteiger partial charge in [0.05, 0.1) is 0 Å². The van der Waals surface area contributed by atoms with Gasteiger partial charge in [-0.15, -0.1) is 0 Å². The summed E-state index contributed by atoms with van der Waals surface area (Å²) in [6.45, 7) is 13.0. The van der Waals surface area contributed by atoms with Gasteiger partial charge < -0.3 is 4.43 Å². The maximum Gasteiger partial charge on any atom is 0.250 e. The van der Waals surface area contributed by atoms with Crippen LogP contribution in [0.2, 0.25) is 18.1 Å². The Morgan fingerprint density at radius 3 is 2.12 bits per heavy atom. The number of aryl methyl sites for hydroxylation is 1. The molecule has 1 nitrogen and oxygen atoms in total. The fraction of sp³-hybridized carbons (Fsp3) is 0.304. The topological polar surface area (TPSA) is 9.23 Å². The second-order valence-electron chi connectivity index (χ2n) is 8.01. The van der Waals surface area contributed by atoms with E-state index < -0.39 is 8.32 Å². The van der Waals surface area contributed by atoms with Gasteiger partial charge in [-0.3, -0.25) is 0 Å². The molecule has 0 bridgehead atoms. The highest BCUT2D eigenvalue weighted by atomic mass is 28.4. The Labute approximate surface area is 158 Å². The van der Waals surface area contributed by atoms with Gasteiger partial charge in [0.1, 0.15) is 11.6 Å². The van der Waals surface area contributed by atoms with Crippen molar-refractivity contribution in [2.75, 3.05) is 0 Å². The zero-order valence-corrected chi connectivity index (χ0v) is 17.5. The third kappa shape index (κ3) is 5.34. The third-order valence-electron chi connectivity index (χ3n) is 4.77. The highest BCUT2D eigenvalue weighted by Crippen LogP contribution is 2.39. The van der Waals surface area contributed by atoms with E-state index in [0.29, 0.717) is 5.76 Å². The minimum atomic E-state index is -2.03. The largest absolute Gasteiger partial charge is 0.543 e. The van der Waals surface area contributed by atoms with Crippen molar-refractivity contribution in [2.45, 2.75) is 45.8 Å². The average Bonchev–Trinajstić information content (AvgIpc) is 2.55. The number of hydrogen-bond donors (Lipinski definition) is 0. The zero-order valence-electron chi connectivity index (χ0n) is 16.5. The molecule has 0 aliphatic rings. The van der Waals surface area contributed by atoms with Gasteiger partial charge in [-0.2, -0.15) is 0 Å². The van der Waals surface area contributed by atoms with Crippen LogP contribution < -0.4 is 0 Å². The monoisotopic (exact) mass is 366 g/mol. The van der Waals surface area contributed by atoms with Crippen LogP contribution in [0.25, 0.3) is 5.76 Å². The molecule has 0 unspecified atom stereocenters. The summed E-state index contributed by atoms with van der Waals surface area (Å²) in [5, 5.41) is 0.0660. The van der Waals surface area contributed by atoms with Gasteiger partial charge in [-0.1, -0.05) is 50.3 Å². The number of halogens is 1. The van der Waals surface area contributed by atoms with E-state index in [-0.39, 0.29) is 10.9 Å². The fourth-order valence-electron chi connectivity index (χ4n) is 2.04. The Kier molecular flexibility index (Phi) is 6.10. The highest BCUT2D eigenvalue weighted by Gasteiger charge is 2.39. The molecule has 2 aromatic carbocycles. The molecule has 0 aliphatic heterocycles. The number of allylic oxidation sites excluding steroid dienone is 1. The third-order valence-corrected chi connectivity index (χ3v) is 9.11. The summed E-state index contributed by atoms with van der Waals surface area (Å²) in [6, 6.07) is 14.5. The fourth-order valence-corrected chi connectivity index (χ4v) is 3.07. The first kappa shape index (κ1) is 20.0. The quantitative estimate of drug-likeness (QED) is 0.340. The van der Waals surface area contributed by atoms with Crippen LogP contribution in [0, 0.1) is 24.6 Å². The lowest BCUT2D eigenvalue weighted by atomic mass is 10.1. The summed E-state index contributed by atoms with van der Waals surface area (Å²) in [5.74, 6) is 6.69. The molecule has 0 fully saturated rings. The molecule has 0 radical (unpaired) electrons. The van der Waals surface area contributed by atoms with Crippen LogP contribution >= 0.6 is 0 Å². The van der Waals surface area contributed by atoms with E-state index in [1.54, 1.807) is 18.2 Å². The first-order chi connectivity index (χ1) is 12.1. The second-order valence-corrected chi connectivity index (χ2v) is 12.7. The molecule has 0 N–H and O–H groups in total. The lowest BCUT2D eigenvalue weighted by Crippen LogP contribution is -2.40. The van der Waals surface area contributed by atoms with E-state index in [2.05, 4.69) is 52.6 Å². The molecule has 0 saturated carbocycles. The summed E-state index contributed by atoms with van der Waals surface area (Å²) in [4.78, 5) is 0. The number of rotatable bonds is 3. The molecule has 2 rings (SSSR count). The zero-order chi connectivity index (χ0) is 19.4. The molecular formula is C23H27FOSi. The average molecular weight is 367 g/mol. The standard InChI is InChI=1S/C23H27FOSi/c1-18-10-12-19(13-11-18)8-7-9-22(20-14-16-21(24)17-15-20)25-26(5,6)23(2,3)4/h9-17H,1-6H3/b22-9+. The molecule has 3 heteroatoms. The van der Waals surface area contributed by atoms with Crippen molar-refractivity contribution in [2.24, 2.45) is 0 Å². The minimum absolute atomic E-state index is 0.0660. The van der Waals surface area contributed by atoms with E-state index in [1.807, 2.05) is 24.3 Å². The molecule has 136 valence electrons. The Hall–Kier alpha value is -2.31. The van der Waals surface area contributed by atoms with Crippen LogP contribution in [0.4, 0.5) is 4.39 Å². The van der Waals surface area contributed by atoms with Crippen LogP contribution in [0.15, 0.2) is 54.6 Å². The molecule has 0 aliphatic carbocycles. The maximum absolute atomic E-state index is 13.3. The Balaban J connectivity index is 2.37. The molecule has 26 heavy (non-hydrogen) atoms. The normalized spacial score (nSPS) is 12.3. The van der Waals surface area contributed by atoms with Gasteiger partial charge in [-0.05, 0) is 61.5 Å². The first-order valence-electron chi connectivity index (χ1n) is 8.82. The summed E-state index contributed by atoms with van der Waals surface area (Å²) in [6.07, 6.45) is 1.80. The van der Waals surface area contributed by atoms with Crippen LogP contribution in [0.1, 0.15) is 37.5 Å². The number of benzene rings is 2. The smallest absolute Gasteiger partial charge is 0.250 e. The molecule has 0 heterocycles. The lowest BCUT2D eigenvalue weighted by molar-refractivity contribution is 0.458. The Bertz CT molecular complexity index is 829. The predicted octanol–water partition coefficient (Wildman–Crippen LogP) is 6.55. The number of hydrogen-bond acceptors (Lipinski definition) is 1. The van der Waals surface area contributed by atoms with Crippen molar-refractivity contribution < 1.29 is 8.82 Å². The summed E-state index contributed by atoms with van der Waals surface area (Å²) in [5.41, 5.74) is 3.01. The van der Waals surface area contributed by atoms with Gasteiger partial charge in [0.25, 0.3) is 8.32 Å². The molecule has 0 spiro atoms. The molecular weight excluding hydrogens is 339 g/mol. The van der Waals surface area contributed by atoms with Crippen molar-refractivity contribution in [1.29, 1.82) is 0 Å². The van der Waals surface area contributed by atoms with Gasteiger partial charge in [0.2, 0.25) is 0 Å². The van der Waals surface area contributed by atoms with Crippen LogP contribution in [-0.4, -0.2) is 8.32 Å². The summed E-state index contributed by atoms with van der Waals surface area (Å²) in [7, 11) is -2.03. The summed E-state index contributed by atoms with van der Waals surface area (Å²) >= 11 is 0. The molecule has 0 saturated heterocycles. The molecule has 0 aromatic heterocycles. The minimum Gasteiger partial charge on any atom is -0.543 e. The van der Waals surface area contributed by atoms with Crippen molar-refractivity contribution in [3.05, 3.63) is 77.1 Å². The molecule has 0 atom stereocenters. The van der Waals surface area contributed by atoms with Crippen molar-refractivity contribution >= 4 is 14.1 Å². The highest BCUT2D eigenvalue weighted by molar-refractivity contribution is 6.74. The maximum atomic E-state index is 13.3. The molecule has 2 aromatic rings. The van der Waals surface area contributed by atoms with E-state index in [4.69, 9.17) is 4.43 Å². The van der Waals surface area contributed by atoms with E-state index in [0.717, 1.165) is 11.1 Å². The Morgan fingerprint density at radius 2 is 1.58 bits per heavy atom. The van der Waals surface area contributed by atoms with Crippen molar-refractivity contribution in [3.63, 3.8) is 0 Å². The SMILES string of the molecule is Cc1ccc(C#C/C=C(/O[Si](C)(C)C(C)(C)C)c2ccc(F)cc2)cc1. The predicted molar refractivity (Wildman–Crippen MR) is 111 cm³/mol. The Morgan fingerprint density at radius 1 is 1.00 bits per heavy atom. The van der Waals surface area contributed by atoms with E-state index in [1.165, 1.54) is 17.7 Å². The van der Waals surface area contributed by atoms with E-state index >= 15 is 0 Å². The summed E-state index contributed by atoms with van der Waals surface area (Å²) < 4.78 is 19.8. The molecule has 0 amide bonds. The second kappa shape index (κ2) is 7.93. The van der Waals surface area contributed by atoms with E-state index in [9.17, 15) is 4.39 Å². The van der Waals surface area contributed by atoms with Gasteiger partial charge in [0, 0.05) is 17.2 Å². The lowest BCUT2D eigenvalue weighted by Gasteiger charge is -2.37. The van der Waals surface area contributed by atoms with Crippen molar-refractivity contribution in [1.82, 2.24) is 0 Å².